The Morgan fingerprint density at radius 1 is 1.40 bits per heavy atom. The number of ether oxygens (including phenoxy) is 1. The molecule has 0 rings (SSSR count). The highest BCUT2D eigenvalue weighted by Gasteiger charge is 2.09. The molecule has 0 aromatic heterocycles. The second-order valence-corrected chi connectivity index (χ2v) is 3.47. The Morgan fingerprint density at radius 3 is 2.67 bits per heavy atom. The fraction of sp³-hybridized carbons (Fsp3) is 0.818. The molecule has 0 saturated heterocycles. The zero-order valence-electron chi connectivity index (χ0n) is 9.66. The minimum Gasteiger partial charge on any atom is -0.468 e. The zero-order valence-corrected chi connectivity index (χ0v) is 9.66. The van der Waals surface area contributed by atoms with Gasteiger partial charge in [0, 0.05) is 6.42 Å². The third-order valence-corrected chi connectivity index (χ3v) is 2.13. The molecule has 86 valence electrons. The first-order valence-electron chi connectivity index (χ1n) is 5.40. The number of hydrogen-bond acceptors (Lipinski definition) is 4. The van der Waals surface area contributed by atoms with E-state index in [2.05, 4.69) is 22.6 Å². The summed E-state index contributed by atoms with van der Waals surface area (Å²) in [4.78, 5) is 13.1. The van der Waals surface area contributed by atoms with Crippen molar-refractivity contribution >= 4 is 5.97 Å². The molecule has 0 aliphatic heterocycles. The van der Waals surface area contributed by atoms with E-state index >= 15 is 0 Å². The Morgan fingerprint density at radius 2 is 2.13 bits per heavy atom. The first-order chi connectivity index (χ1) is 7.24. The molecule has 15 heavy (non-hydrogen) atoms. The van der Waals surface area contributed by atoms with Crippen LogP contribution in [-0.2, 0) is 9.53 Å². The lowest BCUT2D eigenvalue weighted by Crippen LogP contribution is -2.32. The number of esters is 1. The van der Waals surface area contributed by atoms with Gasteiger partial charge in [-0.3, -0.25) is 9.69 Å². The van der Waals surface area contributed by atoms with Gasteiger partial charge in [0.1, 0.15) is 0 Å². The van der Waals surface area contributed by atoms with Crippen molar-refractivity contribution in [2.45, 2.75) is 32.6 Å². The Labute approximate surface area is 91.8 Å². The Bertz CT molecular complexity index is 211. The Hall–Kier alpha value is -1.08. The smallest absolute Gasteiger partial charge is 0.319 e. The van der Waals surface area contributed by atoms with Gasteiger partial charge in [-0.25, -0.2) is 0 Å². The maximum atomic E-state index is 11.1. The molecule has 0 unspecified atom stereocenters. The number of nitriles is 1. The van der Waals surface area contributed by atoms with E-state index in [0.717, 1.165) is 32.4 Å². The van der Waals surface area contributed by atoms with Crippen molar-refractivity contribution in [3.63, 3.8) is 0 Å². The predicted molar refractivity (Wildman–Crippen MR) is 58.2 cm³/mol. The van der Waals surface area contributed by atoms with Crippen LogP contribution >= 0.6 is 0 Å². The number of carbonyl (C=O) groups is 1. The van der Waals surface area contributed by atoms with Crippen molar-refractivity contribution in [2.24, 2.45) is 0 Å². The summed E-state index contributed by atoms with van der Waals surface area (Å²) in [5.41, 5.74) is 0. The monoisotopic (exact) mass is 212 g/mol. The molecule has 0 spiro atoms. The summed E-state index contributed by atoms with van der Waals surface area (Å²) >= 11 is 0. The van der Waals surface area contributed by atoms with Gasteiger partial charge in [0.25, 0.3) is 0 Å². The standard InChI is InChI=1S/C11H20N2O2/c1-3-8-13(10-11(14)15-2)9-6-4-5-7-12/h3-6,8-10H2,1-2H3. The highest BCUT2D eigenvalue weighted by atomic mass is 16.5. The van der Waals surface area contributed by atoms with E-state index in [9.17, 15) is 4.79 Å². The molecule has 0 aliphatic rings. The van der Waals surface area contributed by atoms with Gasteiger partial charge in [-0.1, -0.05) is 6.92 Å². The maximum Gasteiger partial charge on any atom is 0.319 e. The minimum atomic E-state index is -0.191. The summed E-state index contributed by atoms with van der Waals surface area (Å²) in [6.45, 7) is 4.21. The van der Waals surface area contributed by atoms with Crippen LogP contribution in [0, 0.1) is 11.3 Å². The summed E-state index contributed by atoms with van der Waals surface area (Å²) in [6.07, 6.45) is 3.48. The van der Waals surface area contributed by atoms with Gasteiger partial charge in [0.05, 0.1) is 19.7 Å². The highest BCUT2D eigenvalue weighted by molar-refractivity contribution is 5.71. The van der Waals surface area contributed by atoms with Gasteiger partial charge < -0.3 is 4.74 Å². The number of nitrogens with zero attached hydrogens (tertiary/aromatic N) is 2. The van der Waals surface area contributed by atoms with Crippen LogP contribution in [-0.4, -0.2) is 37.6 Å². The molecule has 0 atom stereocenters. The van der Waals surface area contributed by atoms with Crippen LogP contribution in [0.1, 0.15) is 32.6 Å². The number of hydrogen-bond donors (Lipinski definition) is 0. The van der Waals surface area contributed by atoms with Crippen molar-refractivity contribution < 1.29 is 9.53 Å². The maximum absolute atomic E-state index is 11.1. The average molecular weight is 212 g/mol. The van der Waals surface area contributed by atoms with E-state index in [1.54, 1.807) is 0 Å². The highest BCUT2D eigenvalue weighted by Crippen LogP contribution is 1.99. The molecule has 4 heteroatoms. The number of unbranched alkanes of at least 4 members (excludes halogenated alkanes) is 2. The Balaban J connectivity index is 3.73. The van der Waals surface area contributed by atoms with Gasteiger partial charge in [0.15, 0.2) is 0 Å². The second-order valence-electron chi connectivity index (χ2n) is 3.47. The molecule has 0 amide bonds. The van der Waals surface area contributed by atoms with E-state index in [4.69, 9.17) is 5.26 Å². The first kappa shape index (κ1) is 13.9. The minimum absolute atomic E-state index is 0.191. The third kappa shape index (κ3) is 7.95. The van der Waals surface area contributed by atoms with E-state index in [1.807, 2.05) is 0 Å². The largest absolute Gasteiger partial charge is 0.468 e. The second kappa shape index (κ2) is 9.47. The molecule has 0 aromatic carbocycles. The SMILES string of the molecule is CCCN(CCCCC#N)CC(=O)OC. The Kier molecular flexibility index (Phi) is 8.79. The van der Waals surface area contributed by atoms with Gasteiger partial charge in [-0.15, -0.1) is 0 Å². The topological polar surface area (TPSA) is 53.3 Å². The van der Waals surface area contributed by atoms with Crippen LogP contribution in [0.4, 0.5) is 0 Å². The van der Waals surface area contributed by atoms with Crippen LogP contribution < -0.4 is 0 Å². The van der Waals surface area contributed by atoms with Crippen molar-refractivity contribution in [1.82, 2.24) is 4.90 Å². The molecule has 0 saturated carbocycles. The van der Waals surface area contributed by atoms with Crippen LogP contribution in [0.3, 0.4) is 0 Å². The van der Waals surface area contributed by atoms with Crippen molar-refractivity contribution in [3.05, 3.63) is 0 Å². The van der Waals surface area contributed by atoms with Gasteiger partial charge >= 0.3 is 5.97 Å². The summed E-state index contributed by atoms with van der Waals surface area (Å²) in [6, 6.07) is 2.12. The lowest BCUT2D eigenvalue weighted by Gasteiger charge is -2.19. The summed E-state index contributed by atoms with van der Waals surface area (Å²) < 4.78 is 4.62. The van der Waals surface area contributed by atoms with Gasteiger partial charge in [-0.2, -0.15) is 5.26 Å². The average Bonchev–Trinajstić information content (AvgIpc) is 2.24. The summed E-state index contributed by atoms with van der Waals surface area (Å²) in [5, 5.41) is 8.38. The van der Waals surface area contributed by atoms with Gasteiger partial charge in [0.2, 0.25) is 0 Å². The summed E-state index contributed by atoms with van der Waals surface area (Å²) in [7, 11) is 1.40. The molecular weight excluding hydrogens is 192 g/mol. The molecule has 4 nitrogen and oxygen atoms in total. The third-order valence-electron chi connectivity index (χ3n) is 2.13. The van der Waals surface area contributed by atoms with E-state index in [-0.39, 0.29) is 5.97 Å². The quantitative estimate of drug-likeness (QED) is 0.452. The van der Waals surface area contributed by atoms with Crippen molar-refractivity contribution in [3.8, 4) is 6.07 Å². The lowest BCUT2D eigenvalue weighted by molar-refractivity contribution is -0.141. The molecule has 0 radical (unpaired) electrons. The zero-order chi connectivity index (χ0) is 11.5. The molecule has 0 aromatic rings. The van der Waals surface area contributed by atoms with Crippen molar-refractivity contribution in [2.75, 3.05) is 26.7 Å². The predicted octanol–water partition coefficient (Wildman–Crippen LogP) is 1.57. The molecular formula is C11H20N2O2. The molecule has 0 fully saturated rings. The first-order valence-corrected chi connectivity index (χ1v) is 5.40. The number of carbonyl (C=O) groups excluding carboxylic acids is 1. The summed E-state index contributed by atoms with van der Waals surface area (Å²) in [5.74, 6) is -0.191. The van der Waals surface area contributed by atoms with Crippen LogP contribution in [0.2, 0.25) is 0 Å². The fourth-order valence-electron chi connectivity index (χ4n) is 1.37. The lowest BCUT2D eigenvalue weighted by atomic mass is 10.2. The van der Waals surface area contributed by atoms with E-state index in [1.165, 1.54) is 7.11 Å². The van der Waals surface area contributed by atoms with Crippen LogP contribution in [0.15, 0.2) is 0 Å². The number of rotatable bonds is 8. The van der Waals surface area contributed by atoms with Gasteiger partial charge in [-0.05, 0) is 32.4 Å². The molecule has 0 heterocycles. The van der Waals surface area contributed by atoms with Crippen LogP contribution in [0.5, 0.6) is 0 Å². The van der Waals surface area contributed by atoms with Crippen molar-refractivity contribution in [1.29, 1.82) is 5.26 Å². The normalized spacial score (nSPS) is 10.0. The molecule has 0 bridgehead atoms. The molecule has 0 aliphatic carbocycles. The van der Waals surface area contributed by atoms with Crippen LogP contribution in [0.25, 0.3) is 0 Å². The van der Waals surface area contributed by atoms with E-state index in [0.29, 0.717) is 13.0 Å². The number of methoxy groups -OCH3 is 1. The van der Waals surface area contributed by atoms with E-state index < -0.39 is 0 Å². The fourth-order valence-corrected chi connectivity index (χ4v) is 1.37. The molecule has 0 N–H and O–H groups in total.